The minimum Gasteiger partial charge on any atom is -0.390 e. The van der Waals surface area contributed by atoms with E-state index >= 15 is 0 Å². The second kappa shape index (κ2) is 4.90. The minimum absolute atomic E-state index is 0.200. The van der Waals surface area contributed by atoms with Gasteiger partial charge in [0, 0.05) is 16.3 Å². The first-order valence-corrected chi connectivity index (χ1v) is 6.46. The van der Waals surface area contributed by atoms with Crippen LogP contribution in [-0.4, -0.2) is 23.0 Å². The number of aliphatic hydroxyl groups excluding tert-OH is 1. The Hall–Kier alpha value is -0.670. The van der Waals surface area contributed by atoms with Crippen molar-refractivity contribution in [2.45, 2.75) is 36.8 Å². The topological polar surface area (TPSA) is 32.3 Å². The fraction of sp³-hybridized carbons (Fsp3) is 0.500. The summed E-state index contributed by atoms with van der Waals surface area (Å²) in [5.41, 5.74) is 1.16. The molecule has 1 heterocycles. The van der Waals surface area contributed by atoms with Crippen molar-refractivity contribution in [2.75, 3.05) is 11.1 Å². The van der Waals surface area contributed by atoms with Crippen LogP contribution < -0.4 is 5.32 Å². The highest BCUT2D eigenvalue weighted by atomic mass is 32.2. The van der Waals surface area contributed by atoms with Gasteiger partial charge in [-0.3, -0.25) is 0 Å². The number of thioether (sulfide) groups is 1. The molecule has 0 radical (unpaired) electrons. The molecule has 0 saturated carbocycles. The van der Waals surface area contributed by atoms with Gasteiger partial charge in [0.15, 0.2) is 0 Å². The SMILES string of the molecule is CCC[C@H]1Nc2ccccc2SC[C@@H]1O. The van der Waals surface area contributed by atoms with E-state index in [0.717, 1.165) is 24.3 Å². The number of para-hydroxylation sites is 1. The Morgan fingerprint density at radius 3 is 3.07 bits per heavy atom. The van der Waals surface area contributed by atoms with Gasteiger partial charge in [0.2, 0.25) is 0 Å². The highest BCUT2D eigenvalue weighted by Gasteiger charge is 2.22. The van der Waals surface area contributed by atoms with Crippen molar-refractivity contribution >= 4 is 17.4 Å². The summed E-state index contributed by atoms with van der Waals surface area (Å²) in [4.78, 5) is 1.25. The molecule has 1 aromatic carbocycles. The Morgan fingerprint density at radius 1 is 1.47 bits per heavy atom. The maximum absolute atomic E-state index is 9.97. The summed E-state index contributed by atoms with van der Waals surface area (Å²) in [6, 6.07) is 8.47. The van der Waals surface area contributed by atoms with Crippen molar-refractivity contribution in [2.24, 2.45) is 0 Å². The molecule has 0 aromatic heterocycles. The molecule has 15 heavy (non-hydrogen) atoms. The molecule has 0 fully saturated rings. The predicted molar refractivity (Wildman–Crippen MR) is 65.5 cm³/mol. The fourth-order valence-corrected chi connectivity index (χ4v) is 2.91. The van der Waals surface area contributed by atoms with Gasteiger partial charge in [-0.25, -0.2) is 0 Å². The van der Waals surface area contributed by atoms with Gasteiger partial charge in [0.05, 0.1) is 12.1 Å². The largest absolute Gasteiger partial charge is 0.390 e. The van der Waals surface area contributed by atoms with Crippen LogP contribution in [-0.2, 0) is 0 Å². The third kappa shape index (κ3) is 2.47. The number of nitrogens with one attached hydrogen (secondary N) is 1. The first kappa shape index (κ1) is 10.8. The lowest BCUT2D eigenvalue weighted by Crippen LogP contribution is -2.33. The Morgan fingerprint density at radius 2 is 2.27 bits per heavy atom. The number of aliphatic hydroxyl groups is 1. The number of fused-ring (bicyclic) bond motifs is 1. The van der Waals surface area contributed by atoms with Crippen molar-refractivity contribution in [3.63, 3.8) is 0 Å². The lowest BCUT2D eigenvalue weighted by molar-refractivity contribution is 0.172. The van der Waals surface area contributed by atoms with E-state index in [2.05, 4.69) is 24.4 Å². The summed E-state index contributed by atoms with van der Waals surface area (Å²) >= 11 is 1.73. The van der Waals surface area contributed by atoms with E-state index < -0.39 is 0 Å². The predicted octanol–water partition coefficient (Wildman–Crippen LogP) is 2.73. The Labute approximate surface area is 95.1 Å². The zero-order valence-corrected chi connectivity index (χ0v) is 9.76. The zero-order valence-electron chi connectivity index (χ0n) is 8.94. The van der Waals surface area contributed by atoms with Crippen LogP contribution in [0.25, 0.3) is 0 Å². The number of benzene rings is 1. The van der Waals surface area contributed by atoms with Crippen LogP contribution in [0.5, 0.6) is 0 Å². The summed E-state index contributed by atoms with van der Waals surface area (Å²) in [7, 11) is 0. The Bertz CT molecular complexity index is 329. The van der Waals surface area contributed by atoms with E-state index in [4.69, 9.17) is 0 Å². The van der Waals surface area contributed by atoms with Crippen molar-refractivity contribution in [1.82, 2.24) is 0 Å². The summed E-state index contributed by atoms with van der Waals surface area (Å²) in [6.45, 7) is 2.15. The molecule has 1 aliphatic rings. The second-order valence-corrected chi connectivity index (χ2v) is 4.98. The van der Waals surface area contributed by atoms with Crippen LogP contribution in [0.15, 0.2) is 29.2 Å². The van der Waals surface area contributed by atoms with Crippen LogP contribution in [0.4, 0.5) is 5.69 Å². The molecule has 2 atom stereocenters. The van der Waals surface area contributed by atoms with Gasteiger partial charge < -0.3 is 10.4 Å². The van der Waals surface area contributed by atoms with Gasteiger partial charge >= 0.3 is 0 Å². The molecule has 2 rings (SSSR count). The van der Waals surface area contributed by atoms with E-state index in [1.807, 2.05) is 12.1 Å². The summed E-state index contributed by atoms with van der Waals surface area (Å²) < 4.78 is 0. The van der Waals surface area contributed by atoms with Gasteiger partial charge in [0.25, 0.3) is 0 Å². The minimum atomic E-state index is -0.248. The molecule has 2 nitrogen and oxygen atoms in total. The molecule has 2 N–H and O–H groups in total. The van der Waals surface area contributed by atoms with Gasteiger partial charge in [-0.2, -0.15) is 0 Å². The molecule has 0 amide bonds. The molecule has 1 aromatic rings. The van der Waals surface area contributed by atoms with Crippen molar-refractivity contribution in [3.8, 4) is 0 Å². The van der Waals surface area contributed by atoms with Gasteiger partial charge in [-0.05, 0) is 18.6 Å². The van der Waals surface area contributed by atoms with E-state index in [1.54, 1.807) is 11.8 Å². The summed E-state index contributed by atoms with van der Waals surface area (Å²) in [5, 5.41) is 13.4. The maximum atomic E-state index is 9.97. The smallest absolute Gasteiger partial charge is 0.0834 e. The van der Waals surface area contributed by atoms with Gasteiger partial charge in [-0.1, -0.05) is 25.5 Å². The molecule has 1 aliphatic heterocycles. The van der Waals surface area contributed by atoms with Crippen molar-refractivity contribution in [1.29, 1.82) is 0 Å². The Kier molecular flexibility index (Phi) is 3.54. The van der Waals surface area contributed by atoms with Crippen molar-refractivity contribution in [3.05, 3.63) is 24.3 Å². The standard InChI is InChI=1S/C12H17NOS/c1-2-5-9-11(14)8-15-12-7-4-3-6-10(12)13-9/h3-4,6-7,9,11,13-14H,2,5,8H2,1H3/t9-,11+/m1/s1. The number of hydrogen-bond donors (Lipinski definition) is 2. The summed E-state index contributed by atoms with van der Waals surface area (Å²) in [5.74, 6) is 0.786. The zero-order chi connectivity index (χ0) is 10.7. The van der Waals surface area contributed by atoms with E-state index in [0.29, 0.717) is 0 Å². The lowest BCUT2D eigenvalue weighted by Gasteiger charge is -2.21. The van der Waals surface area contributed by atoms with Crippen LogP contribution in [0.1, 0.15) is 19.8 Å². The lowest BCUT2D eigenvalue weighted by atomic mass is 10.1. The number of anilines is 1. The maximum Gasteiger partial charge on any atom is 0.0834 e. The van der Waals surface area contributed by atoms with Crippen LogP contribution in [0, 0.1) is 0 Å². The molecule has 0 bridgehead atoms. The second-order valence-electron chi connectivity index (χ2n) is 3.91. The van der Waals surface area contributed by atoms with Crippen LogP contribution in [0.2, 0.25) is 0 Å². The first-order chi connectivity index (χ1) is 7.31. The third-order valence-electron chi connectivity index (χ3n) is 2.70. The Balaban J connectivity index is 2.19. The monoisotopic (exact) mass is 223 g/mol. The summed E-state index contributed by atoms with van der Waals surface area (Å²) in [6.07, 6.45) is 1.87. The molecule has 0 unspecified atom stereocenters. The highest BCUT2D eigenvalue weighted by Crippen LogP contribution is 2.32. The van der Waals surface area contributed by atoms with Crippen LogP contribution >= 0.6 is 11.8 Å². The van der Waals surface area contributed by atoms with E-state index in [9.17, 15) is 5.11 Å². The van der Waals surface area contributed by atoms with E-state index in [-0.39, 0.29) is 12.1 Å². The number of hydrogen-bond acceptors (Lipinski definition) is 3. The third-order valence-corrected chi connectivity index (χ3v) is 3.88. The molecule has 0 aliphatic carbocycles. The normalized spacial score (nSPS) is 25.2. The molecular formula is C12H17NOS. The quantitative estimate of drug-likeness (QED) is 0.808. The number of rotatable bonds is 2. The molecule has 0 saturated heterocycles. The van der Waals surface area contributed by atoms with E-state index in [1.165, 1.54) is 4.90 Å². The average molecular weight is 223 g/mol. The first-order valence-electron chi connectivity index (χ1n) is 5.47. The average Bonchev–Trinajstić information content (AvgIpc) is 2.41. The van der Waals surface area contributed by atoms with Gasteiger partial charge in [-0.15, -0.1) is 11.8 Å². The molecular weight excluding hydrogens is 206 g/mol. The molecule has 0 spiro atoms. The molecule has 3 heteroatoms. The highest BCUT2D eigenvalue weighted by molar-refractivity contribution is 7.99. The van der Waals surface area contributed by atoms with Crippen molar-refractivity contribution < 1.29 is 5.11 Å². The fourth-order valence-electron chi connectivity index (χ4n) is 1.87. The van der Waals surface area contributed by atoms with Crippen LogP contribution in [0.3, 0.4) is 0 Å². The van der Waals surface area contributed by atoms with Gasteiger partial charge in [0.1, 0.15) is 0 Å². The molecule has 82 valence electrons.